The SMILES string of the molecule is C=CCN(Cc1ccc(OC)cc1)C(=O)c1cnc(CC)s1. The van der Waals surface area contributed by atoms with Crippen LogP contribution in [0.5, 0.6) is 5.75 Å². The van der Waals surface area contributed by atoms with Gasteiger partial charge in [0.1, 0.15) is 10.6 Å². The first-order valence-corrected chi connectivity index (χ1v) is 7.97. The Morgan fingerprint density at radius 3 is 2.68 bits per heavy atom. The number of amides is 1. The van der Waals surface area contributed by atoms with Gasteiger partial charge in [0.05, 0.1) is 18.3 Å². The lowest BCUT2D eigenvalue weighted by Crippen LogP contribution is -2.30. The molecule has 1 heterocycles. The molecule has 0 aliphatic heterocycles. The summed E-state index contributed by atoms with van der Waals surface area (Å²) in [7, 11) is 1.64. The molecule has 0 aliphatic carbocycles. The molecule has 0 saturated carbocycles. The highest BCUT2D eigenvalue weighted by atomic mass is 32.1. The van der Waals surface area contributed by atoms with Gasteiger partial charge in [-0.05, 0) is 24.1 Å². The molecule has 2 rings (SSSR count). The Bertz CT molecular complexity index is 634. The fraction of sp³-hybridized carbons (Fsp3) is 0.294. The number of hydrogen-bond donors (Lipinski definition) is 0. The highest BCUT2D eigenvalue weighted by Crippen LogP contribution is 2.18. The zero-order valence-corrected chi connectivity index (χ0v) is 13.7. The Hall–Kier alpha value is -2.14. The Kier molecular flexibility index (Phi) is 5.72. The van der Waals surface area contributed by atoms with Crippen LogP contribution in [0.15, 0.2) is 43.1 Å². The molecule has 1 aromatic carbocycles. The van der Waals surface area contributed by atoms with Crippen molar-refractivity contribution in [1.29, 1.82) is 0 Å². The number of methoxy groups -OCH3 is 1. The van der Waals surface area contributed by atoms with E-state index in [-0.39, 0.29) is 5.91 Å². The second-order valence-corrected chi connectivity index (χ2v) is 5.91. The van der Waals surface area contributed by atoms with E-state index >= 15 is 0 Å². The summed E-state index contributed by atoms with van der Waals surface area (Å²) in [4.78, 5) is 19.3. The maximum Gasteiger partial charge on any atom is 0.266 e. The van der Waals surface area contributed by atoms with Crippen LogP contribution >= 0.6 is 11.3 Å². The number of benzene rings is 1. The van der Waals surface area contributed by atoms with Gasteiger partial charge >= 0.3 is 0 Å². The number of carbonyl (C=O) groups excluding carboxylic acids is 1. The lowest BCUT2D eigenvalue weighted by molar-refractivity contribution is 0.0767. The van der Waals surface area contributed by atoms with E-state index in [0.717, 1.165) is 22.7 Å². The van der Waals surface area contributed by atoms with Crippen molar-refractivity contribution < 1.29 is 9.53 Å². The van der Waals surface area contributed by atoms with Gasteiger partial charge in [0.15, 0.2) is 0 Å². The van der Waals surface area contributed by atoms with E-state index in [1.54, 1.807) is 24.3 Å². The molecule has 0 aliphatic rings. The largest absolute Gasteiger partial charge is 0.497 e. The summed E-state index contributed by atoms with van der Waals surface area (Å²) >= 11 is 1.46. The third kappa shape index (κ3) is 3.95. The average molecular weight is 316 g/mol. The first-order chi connectivity index (χ1) is 10.7. The van der Waals surface area contributed by atoms with Crippen molar-refractivity contribution >= 4 is 17.2 Å². The normalized spacial score (nSPS) is 10.3. The minimum atomic E-state index is -0.00656. The van der Waals surface area contributed by atoms with Gasteiger partial charge in [-0.15, -0.1) is 17.9 Å². The quantitative estimate of drug-likeness (QED) is 0.734. The fourth-order valence-corrected chi connectivity index (χ4v) is 2.88. The summed E-state index contributed by atoms with van der Waals surface area (Å²) in [5.41, 5.74) is 1.05. The molecule has 1 aromatic heterocycles. The number of carbonyl (C=O) groups is 1. The standard InChI is InChI=1S/C17H20N2O2S/c1-4-10-19(12-13-6-8-14(21-3)9-7-13)17(20)15-11-18-16(5-2)22-15/h4,6-9,11H,1,5,10,12H2,2-3H3. The highest BCUT2D eigenvalue weighted by molar-refractivity contribution is 7.13. The van der Waals surface area contributed by atoms with Gasteiger partial charge in [-0.25, -0.2) is 4.98 Å². The summed E-state index contributed by atoms with van der Waals surface area (Å²) in [6, 6.07) is 7.72. The van der Waals surface area contributed by atoms with Crippen molar-refractivity contribution in [2.45, 2.75) is 19.9 Å². The van der Waals surface area contributed by atoms with E-state index in [2.05, 4.69) is 11.6 Å². The number of rotatable bonds is 7. The first-order valence-electron chi connectivity index (χ1n) is 7.15. The number of aromatic nitrogens is 1. The van der Waals surface area contributed by atoms with Crippen molar-refractivity contribution in [3.05, 3.63) is 58.6 Å². The number of ether oxygens (including phenoxy) is 1. The van der Waals surface area contributed by atoms with Crippen LogP contribution in [0.4, 0.5) is 0 Å². The predicted molar refractivity (Wildman–Crippen MR) is 89.4 cm³/mol. The van der Waals surface area contributed by atoms with Crippen molar-refractivity contribution in [2.75, 3.05) is 13.7 Å². The summed E-state index contributed by atoms with van der Waals surface area (Å²) in [6.45, 7) is 6.81. The predicted octanol–water partition coefficient (Wildman–Crippen LogP) is 3.54. The Morgan fingerprint density at radius 2 is 2.14 bits per heavy atom. The highest BCUT2D eigenvalue weighted by Gasteiger charge is 2.17. The average Bonchev–Trinajstić information content (AvgIpc) is 3.03. The van der Waals surface area contributed by atoms with Gasteiger partial charge in [0.2, 0.25) is 0 Å². The van der Waals surface area contributed by atoms with Crippen molar-refractivity contribution in [3.63, 3.8) is 0 Å². The van der Waals surface area contributed by atoms with Crippen LogP contribution in [0, 0.1) is 0 Å². The summed E-state index contributed by atoms with van der Waals surface area (Å²) in [5.74, 6) is 0.799. The molecule has 0 fully saturated rings. The number of aryl methyl sites for hydroxylation is 1. The van der Waals surface area contributed by atoms with E-state index in [0.29, 0.717) is 18.0 Å². The minimum absolute atomic E-state index is 0.00656. The third-order valence-corrected chi connectivity index (χ3v) is 4.37. The van der Waals surface area contributed by atoms with Crippen LogP contribution < -0.4 is 4.74 Å². The molecule has 0 radical (unpaired) electrons. The molecule has 1 amide bonds. The molecule has 0 atom stereocenters. The van der Waals surface area contributed by atoms with Crippen LogP contribution in [-0.2, 0) is 13.0 Å². The maximum atomic E-state index is 12.6. The van der Waals surface area contributed by atoms with Crippen LogP contribution in [-0.4, -0.2) is 29.4 Å². The number of nitrogens with zero attached hydrogens (tertiary/aromatic N) is 2. The number of hydrogen-bond acceptors (Lipinski definition) is 4. The van der Waals surface area contributed by atoms with Crippen molar-refractivity contribution in [3.8, 4) is 5.75 Å². The van der Waals surface area contributed by atoms with Gasteiger partial charge in [-0.2, -0.15) is 0 Å². The van der Waals surface area contributed by atoms with Gasteiger partial charge in [-0.3, -0.25) is 4.79 Å². The van der Waals surface area contributed by atoms with E-state index in [1.165, 1.54) is 11.3 Å². The third-order valence-electron chi connectivity index (χ3n) is 3.24. The second-order valence-electron chi connectivity index (χ2n) is 4.79. The summed E-state index contributed by atoms with van der Waals surface area (Å²) in [5, 5.41) is 0.978. The van der Waals surface area contributed by atoms with E-state index in [1.807, 2.05) is 31.2 Å². The van der Waals surface area contributed by atoms with Gasteiger partial charge in [0.25, 0.3) is 5.91 Å². The van der Waals surface area contributed by atoms with Crippen molar-refractivity contribution in [1.82, 2.24) is 9.88 Å². The summed E-state index contributed by atoms with van der Waals surface area (Å²) in [6.07, 6.45) is 4.25. The molecule has 5 heteroatoms. The lowest BCUT2D eigenvalue weighted by Gasteiger charge is -2.20. The van der Waals surface area contributed by atoms with Crippen LogP contribution in [0.3, 0.4) is 0 Å². The van der Waals surface area contributed by atoms with E-state index < -0.39 is 0 Å². The zero-order chi connectivity index (χ0) is 15.9. The molecule has 0 spiro atoms. The molecule has 0 N–H and O–H groups in total. The van der Waals surface area contributed by atoms with E-state index in [9.17, 15) is 4.79 Å². The van der Waals surface area contributed by atoms with Gasteiger partial charge < -0.3 is 9.64 Å². The molecular formula is C17H20N2O2S. The second kappa shape index (κ2) is 7.75. The maximum absolute atomic E-state index is 12.6. The number of thiazole rings is 1. The minimum Gasteiger partial charge on any atom is -0.497 e. The fourth-order valence-electron chi connectivity index (χ4n) is 2.05. The molecule has 4 nitrogen and oxygen atoms in total. The smallest absolute Gasteiger partial charge is 0.266 e. The summed E-state index contributed by atoms with van der Waals surface area (Å²) < 4.78 is 5.15. The van der Waals surface area contributed by atoms with Crippen LogP contribution in [0.25, 0.3) is 0 Å². The van der Waals surface area contributed by atoms with Crippen LogP contribution in [0.2, 0.25) is 0 Å². The monoisotopic (exact) mass is 316 g/mol. The van der Waals surface area contributed by atoms with E-state index in [4.69, 9.17) is 4.74 Å². The molecular weight excluding hydrogens is 296 g/mol. The molecule has 0 saturated heterocycles. The zero-order valence-electron chi connectivity index (χ0n) is 12.9. The molecule has 22 heavy (non-hydrogen) atoms. The van der Waals surface area contributed by atoms with Crippen molar-refractivity contribution in [2.24, 2.45) is 0 Å². The molecule has 116 valence electrons. The molecule has 0 unspecified atom stereocenters. The van der Waals surface area contributed by atoms with Gasteiger partial charge in [0, 0.05) is 13.1 Å². The topological polar surface area (TPSA) is 42.4 Å². The van der Waals surface area contributed by atoms with Crippen LogP contribution in [0.1, 0.15) is 27.2 Å². The molecule has 0 bridgehead atoms. The molecule has 2 aromatic rings. The first kappa shape index (κ1) is 16.2. The van der Waals surface area contributed by atoms with Gasteiger partial charge in [-0.1, -0.05) is 25.1 Å². The Morgan fingerprint density at radius 1 is 1.41 bits per heavy atom. The lowest BCUT2D eigenvalue weighted by atomic mass is 10.2. The Balaban J connectivity index is 2.13. The Labute approximate surface area is 135 Å².